The van der Waals surface area contributed by atoms with Crippen molar-refractivity contribution in [1.82, 2.24) is 4.98 Å². The molecule has 1 N–H and O–H groups in total. The Kier molecular flexibility index (Phi) is 2.93. The standard InChI is InChI=1S/C20H12N2O2S/c23-22(24)20-19(14-6-2-4-8-18(14)25-20)12-9-10-17-15(11-12)13-5-1-3-7-16(13)21-17/h1-11,21H. The molecule has 0 aliphatic carbocycles. The minimum absolute atomic E-state index is 0.195. The maximum absolute atomic E-state index is 11.6. The smallest absolute Gasteiger partial charge is 0.333 e. The summed E-state index contributed by atoms with van der Waals surface area (Å²) in [7, 11) is 0. The van der Waals surface area contributed by atoms with Crippen molar-refractivity contribution < 1.29 is 4.92 Å². The first-order valence-electron chi connectivity index (χ1n) is 7.89. The summed E-state index contributed by atoms with van der Waals surface area (Å²) in [6.45, 7) is 0. The Bertz CT molecular complexity index is 1280. The molecule has 0 saturated heterocycles. The summed E-state index contributed by atoms with van der Waals surface area (Å²) in [6.07, 6.45) is 0. The number of aromatic nitrogens is 1. The van der Waals surface area contributed by atoms with Gasteiger partial charge in [0.2, 0.25) is 0 Å². The molecular weight excluding hydrogens is 332 g/mol. The third-order valence-electron chi connectivity index (χ3n) is 4.54. The summed E-state index contributed by atoms with van der Waals surface area (Å²) in [5, 5.41) is 14.9. The van der Waals surface area contributed by atoms with E-state index in [-0.39, 0.29) is 9.92 Å². The number of fused-ring (bicyclic) bond motifs is 4. The van der Waals surface area contributed by atoms with E-state index < -0.39 is 0 Å². The van der Waals surface area contributed by atoms with Gasteiger partial charge in [-0.2, -0.15) is 0 Å². The molecule has 0 saturated carbocycles. The molecule has 2 heterocycles. The van der Waals surface area contributed by atoms with Crippen LogP contribution in [0.5, 0.6) is 0 Å². The average Bonchev–Trinajstić information content (AvgIpc) is 3.19. The minimum atomic E-state index is -0.278. The molecule has 0 aliphatic rings. The van der Waals surface area contributed by atoms with E-state index in [9.17, 15) is 10.1 Å². The molecule has 0 atom stereocenters. The van der Waals surface area contributed by atoms with Crippen LogP contribution in [-0.4, -0.2) is 9.91 Å². The van der Waals surface area contributed by atoms with Gasteiger partial charge in [0.15, 0.2) is 0 Å². The second-order valence-corrected chi connectivity index (χ2v) is 7.00. The predicted octanol–water partition coefficient (Wildman–Crippen LogP) is 6.11. The summed E-state index contributed by atoms with van der Waals surface area (Å²) in [5.41, 5.74) is 3.69. The maximum Gasteiger partial charge on any atom is 0.333 e. The Labute approximate surface area is 146 Å². The first-order chi connectivity index (χ1) is 12.2. The van der Waals surface area contributed by atoms with Crippen molar-refractivity contribution in [3.63, 3.8) is 0 Å². The normalized spacial score (nSPS) is 11.5. The quantitative estimate of drug-likeness (QED) is 0.310. The van der Waals surface area contributed by atoms with E-state index in [0.717, 1.165) is 37.5 Å². The van der Waals surface area contributed by atoms with Crippen molar-refractivity contribution >= 4 is 48.2 Å². The molecule has 5 aromatic rings. The molecule has 0 aliphatic heterocycles. The highest BCUT2D eigenvalue weighted by Gasteiger charge is 2.23. The van der Waals surface area contributed by atoms with E-state index in [1.165, 1.54) is 11.3 Å². The number of nitrogens with zero attached hydrogens (tertiary/aromatic N) is 1. The summed E-state index contributed by atoms with van der Waals surface area (Å²) in [5.74, 6) is 0. The third kappa shape index (κ3) is 2.06. The van der Waals surface area contributed by atoms with Crippen molar-refractivity contribution in [3.8, 4) is 11.1 Å². The van der Waals surface area contributed by atoms with Gasteiger partial charge < -0.3 is 4.98 Å². The maximum atomic E-state index is 11.6. The second-order valence-electron chi connectivity index (χ2n) is 5.97. The summed E-state index contributed by atoms with van der Waals surface area (Å²) in [4.78, 5) is 14.7. The second kappa shape index (κ2) is 5.16. The van der Waals surface area contributed by atoms with E-state index in [0.29, 0.717) is 5.56 Å². The molecule has 25 heavy (non-hydrogen) atoms. The highest BCUT2D eigenvalue weighted by atomic mass is 32.1. The number of hydrogen-bond acceptors (Lipinski definition) is 3. The van der Waals surface area contributed by atoms with Crippen LogP contribution in [0.4, 0.5) is 5.00 Å². The van der Waals surface area contributed by atoms with Crippen LogP contribution in [0.1, 0.15) is 0 Å². The lowest BCUT2D eigenvalue weighted by Gasteiger charge is -2.01. The molecule has 5 heteroatoms. The van der Waals surface area contributed by atoms with Gasteiger partial charge in [-0.25, -0.2) is 0 Å². The number of thiophene rings is 1. The van der Waals surface area contributed by atoms with Gasteiger partial charge in [-0.3, -0.25) is 10.1 Å². The van der Waals surface area contributed by atoms with Crippen molar-refractivity contribution in [1.29, 1.82) is 0 Å². The van der Waals surface area contributed by atoms with Gasteiger partial charge in [0, 0.05) is 31.9 Å². The Balaban J connectivity index is 1.86. The van der Waals surface area contributed by atoms with Crippen molar-refractivity contribution in [2.45, 2.75) is 0 Å². The molecule has 0 amide bonds. The summed E-state index contributed by atoms with van der Waals surface area (Å²) in [6, 6.07) is 21.8. The lowest BCUT2D eigenvalue weighted by atomic mass is 10.0. The van der Waals surface area contributed by atoms with Crippen LogP contribution < -0.4 is 0 Å². The van der Waals surface area contributed by atoms with Crippen LogP contribution >= 0.6 is 11.3 Å². The lowest BCUT2D eigenvalue weighted by molar-refractivity contribution is -0.379. The average molecular weight is 344 g/mol. The van der Waals surface area contributed by atoms with E-state index in [1.807, 2.05) is 54.6 Å². The van der Waals surface area contributed by atoms with Crippen molar-refractivity contribution in [3.05, 3.63) is 76.8 Å². The fraction of sp³-hybridized carbons (Fsp3) is 0. The molecular formula is C20H12N2O2S. The highest BCUT2D eigenvalue weighted by molar-refractivity contribution is 7.22. The monoisotopic (exact) mass is 344 g/mol. The van der Waals surface area contributed by atoms with Gasteiger partial charge in [0.25, 0.3) is 0 Å². The number of hydrogen-bond donors (Lipinski definition) is 1. The van der Waals surface area contributed by atoms with Crippen LogP contribution in [0.3, 0.4) is 0 Å². The van der Waals surface area contributed by atoms with Gasteiger partial charge in [0.05, 0.1) is 10.5 Å². The zero-order valence-electron chi connectivity index (χ0n) is 13.0. The predicted molar refractivity (Wildman–Crippen MR) is 103 cm³/mol. The molecule has 0 fully saturated rings. The molecule has 3 aromatic carbocycles. The number of H-pyrrole nitrogens is 1. The summed E-state index contributed by atoms with van der Waals surface area (Å²) >= 11 is 1.23. The number of rotatable bonds is 2. The molecule has 0 bridgehead atoms. The highest BCUT2D eigenvalue weighted by Crippen LogP contribution is 2.44. The van der Waals surface area contributed by atoms with Crippen LogP contribution in [0, 0.1) is 10.1 Å². The molecule has 5 rings (SSSR count). The van der Waals surface area contributed by atoms with Gasteiger partial charge in [0.1, 0.15) is 0 Å². The van der Waals surface area contributed by atoms with E-state index in [2.05, 4.69) is 17.1 Å². The van der Waals surface area contributed by atoms with Crippen LogP contribution in [-0.2, 0) is 0 Å². The molecule has 2 aromatic heterocycles. The number of nitro groups is 1. The van der Waals surface area contributed by atoms with Gasteiger partial charge in [-0.15, -0.1) is 0 Å². The van der Waals surface area contributed by atoms with Gasteiger partial charge in [-0.05, 0) is 29.8 Å². The van der Waals surface area contributed by atoms with Crippen LogP contribution in [0.25, 0.3) is 43.0 Å². The summed E-state index contributed by atoms with van der Waals surface area (Å²) < 4.78 is 0.934. The topological polar surface area (TPSA) is 58.9 Å². The first-order valence-corrected chi connectivity index (χ1v) is 8.71. The zero-order chi connectivity index (χ0) is 17.0. The largest absolute Gasteiger partial charge is 0.355 e. The number of nitrogens with one attached hydrogen (secondary N) is 1. The Morgan fingerprint density at radius 2 is 1.56 bits per heavy atom. The number of benzene rings is 3. The number of aromatic amines is 1. The van der Waals surface area contributed by atoms with E-state index in [1.54, 1.807) is 0 Å². The number of para-hydroxylation sites is 1. The van der Waals surface area contributed by atoms with Crippen molar-refractivity contribution in [2.24, 2.45) is 0 Å². The Morgan fingerprint density at radius 1 is 0.840 bits per heavy atom. The lowest BCUT2D eigenvalue weighted by Crippen LogP contribution is -1.87. The zero-order valence-corrected chi connectivity index (χ0v) is 13.8. The van der Waals surface area contributed by atoms with Crippen LogP contribution in [0.2, 0.25) is 0 Å². The van der Waals surface area contributed by atoms with E-state index in [4.69, 9.17) is 0 Å². The fourth-order valence-corrected chi connectivity index (χ4v) is 4.48. The molecule has 0 spiro atoms. The Hall–Kier alpha value is -3.18. The fourth-order valence-electron chi connectivity index (χ4n) is 3.44. The molecule has 0 radical (unpaired) electrons. The minimum Gasteiger partial charge on any atom is -0.355 e. The Morgan fingerprint density at radius 3 is 2.40 bits per heavy atom. The van der Waals surface area contributed by atoms with Gasteiger partial charge in [-0.1, -0.05) is 53.8 Å². The SMILES string of the molecule is O=[N+]([O-])c1sc2ccccc2c1-c1ccc2[nH]c3ccccc3c2c1. The molecule has 0 unspecified atom stereocenters. The first kappa shape index (κ1) is 14.2. The molecule has 4 nitrogen and oxygen atoms in total. The molecule has 120 valence electrons. The van der Waals surface area contributed by atoms with Crippen molar-refractivity contribution in [2.75, 3.05) is 0 Å². The van der Waals surface area contributed by atoms with Gasteiger partial charge >= 0.3 is 5.00 Å². The third-order valence-corrected chi connectivity index (χ3v) is 5.66. The van der Waals surface area contributed by atoms with Crippen LogP contribution in [0.15, 0.2) is 66.7 Å². The van der Waals surface area contributed by atoms with E-state index >= 15 is 0 Å².